The van der Waals surface area contributed by atoms with Crippen LogP contribution in [0.1, 0.15) is 25.8 Å². The Morgan fingerprint density at radius 3 is 2.70 bits per heavy atom. The van der Waals surface area contributed by atoms with Crippen molar-refractivity contribution in [2.45, 2.75) is 44.1 Å². The van der Waals surface area contributed by atoms with Crippen molar-refractivity contribution in [3.63, 3.8) is 0 Å². The lowest BCUT2D eigenvalue weighted by molar-refractivity contribution is -0.384. The summed E-state index contributed by atoms with van der Waals surface area (Å²) in [6.07, 6.45) is 0.901. The maximum atomic E-state index is 12.6. The Balaban J connectivity index is 1.77. The molecule has 1 atom stereocenters. The third kappa shape index (κ3) is 5.04. The molecule has 0 spiro atoms. The average Bonchev–Trinajstić information content (AvgIpc) is 3.10. The van der Waals surface area contributed by atoms with Gasteiger partial charge in [-0.15, -0.1) is 10.2 Å². The van der Waals surface area contributed by atoms with E-state index in [9.17, 15) is 14.9 Å². The maximum absolute atomic E-state index is 12.6. The number of thioether (sulfide) groups is 1. The number of nitro groups is 1. The van der Waals surface area contributed by atoms with Gasteiger partial charge >= 0.3 is 0 Å². The molecular formula is C21H23N5O3S. The molecule has 0 bridgehead atoms. The van der Waals surface area contributed by atoms with E-state index < -0.39 is 10.2 Å². The monoisotopic (exact) mass is 425 g/mol. The molecule has 0 radical (unpaired) electrons. The Hall–Kier alpha value is -3.20. The fraction of sp³-hybridized carbons (Fsp3) is 0.286. The molecule has 8 nitrogen and oxygen atoms in total. The predicted molar refractivity (Wildman–Crippen MR) is 118 cm³/mol. The number of nitrogens with zero attached hydrogens (tertiary/aromatic N) is 4. The third-order valence-electron chi connectivity index (χ3n) is 4.42. The first-order chi connectivity index (χ1) is 14.4. The third-order valence-corrected chi connectivity index (χ3v) is 5.50. The number of anilines is 1. The zero-order chi connectivity index (χ0) is 21.7. The summed E-state index contributed by atoms with van der Waals surface area (Å²) in [6.45, 7) is 6.61. The molecule has 1 amide bonds. The Morgan fingerprint density at radius 2 is 2.00 bits per heavy atom. The summed E-state index contributed by atoms with van der Waals surface area (Å²) in [5.41, 5.74) is 2.43. The molecule has 9 heteroatoms. The second-order valence-corrected chi connectivity index (χ2v) is 8.19. The molecule has 0 aliphatic heterocycles. The van der Waals surface area contributed by atoms with Crippen LogP contribution < -0.4 is 5.32 Å². The van der Waals surface area contributed by atoms with Crippen molar-refractivity contribution in [3.05, 3.63) is 64.2 Å². The number of amides is 1. The normalized spacial score (nSPS) is 11.8. The van der Waals surface area contributed by atoms with Gasteiger partial charge in [0, 0.05) is 29.9 Å². The predicted octanol–water partition coefficient (Wildman–Crippen LogP) is 4.69. The lowest BCUT2D eigenvalue weighted by Gasteiger charge is -2.13. The van der Waals surface area contributed by atoms with E-state index in [1.807, 2.05) is 29.7 Å². The van der Waals surface area contributed by atoms with Gasteiger partial charge in [0.1, 0.15) is 0 Å². The number of non-ortho nitro benzene ring substituents is 1. The lowest BCUT2D eigenvalue weighted by atomic mass is 10.1. The van der Waals surface area contributed by atoms with E-state index in [1.54, 1.807) is 13.0 Å². The second-order valence-electron chi connectivity index (χ2n) is 6.88. The van der Waals surface area contributed by atoms with Crippen molar-refractivity contribution >= 4 is 29.0 Å². The molecule has 0 saturated carbocycles. The van der Waals surface area contributed by atoms with Gasteiger partial charge in [-0.25, -0.2) is 0 Å². The molecule has 0 aliphatic rings. The standard InChI is InChI=1S/C21H23N5O3S/c1-4-11-25-19(16-8-5-7-14(2)12-16)23-24-21(25)30-15(3)20(27)22-17-9-6-10-18(13-17)26(28)29/h5-10,12-13,15H,4,11H2,1-3H3,(H,22,27). The van der Waals surface area contributed by atoms with Crippen molar-refractivity contribution in [3.8, 4) is 11.4 Å². The van der Waals surface area contributed by atoms with Crippen LogP contribution >= 0.6 is 11.8 Å². The van der Waals surface area contributed by atoms with Crippen molar-refractivity contribution < 1.29 is 9.72 Å². The summed E-state index contributed by atoms with van der Waals surface area (Å²) in [5.74, 6) is 0.512. The smallest absolute Gasteiger partial charge is 0.271 e. The minimum absolute atomic E-state index is 0.0707. The van der Waals surface area contributed by atoms with Crippen LogP contribution in [-0.2, 0) is 11.3 Å². The fourth-order valence-electron chi connectivity index (χ4n) is 2.95. The number of carbonyl (C=O) groups excluding carboxylic acids is 1. The second kappa shape index (κ2) is 9.53. The van der Waals surface area contributed by atoms with Gasteiger partial charge in [-0.05, 0) is 32.4 Å². The number of nitrogens with one attached hydrogen (secondary N) is 1. The van der Waals surface area contributed by atoms with Gasteiger partial charge in [0.2, 0.25) is 5.91 Å². The van der Waals surface area contributed by atoms with E-state index >= 15 is 0 Å². The molecule has 1 unspecified atom stereocenters. The largest absolute Gasteiger partial charge is 0.325 e. The Labute approximate surface area is 178 Å². The molecule has 3 rings (SSSR count). The fourth-order valence-corrected chi connectivity index (χ4v) is 3.83. The molecule has 1 aromatic heterocycles. The van der Waals surface area contributed by atoms with E-state index in [4.69, 9.17) is 0 Å². The van der Waals surface area contributed by atoms with Gasteiger partial charge in [0.05, 0.1) is 10.2 Å². The molecule has 0 saturated heterocycles. The van der Waals surface area contributed by atoms with Crippen molar-refractivity contribution in [2.24, 2.45) is 0 Å². The molecule has 0 aliphatic carbocycles. The van der Waals surface area contributed by atoms with Crippen LogP contribution in [0.3, 0.4) is 0 Å². The Bertz CT molecular complexity index is 1070. The highest BCUT2D eigenvalue weighted by Gasteiger charge is 2.21. The highest BCUT2D eigenvalue weighted by molar-refractivity contribution is 8.00. The number of hydrogen-bond acceptors (Lipinski definition) is 6. The summed E-state index contributed by atoms with van der Waals surface area (Å²) < 4.78 is 2.02. The van der Waals surface area contributed by atoms with Crippen LogP contribution in [0.4, 0.5) is 11.4 Å². The number of aromatic nitrogens is 3. The van der Waals surface area contributed by atoms with Gasteiger partial charge in [0.25, 0.3) is 5.69 Å². The van der Waals surface area contributed by atoms with Crippen LogP contribution in [0.2, 0.25) is 0 Å². The summed E-state index contributed by atoms with van der Waals surface area (Å²) in [4.78, 5) is 23.1. The minimum atomic E-state index is -0.492. The van der Waals surface area contributed by atoms with E-state index in [1.165, 1.54) is 30.0 Å². The van der Waals surface area contributed by atoms with Crippen LogP contribution in [0.15, 0.2) is 53.7 Å². The zero-order valence-corrected chi connectivity index (χ0v) is 17.8. The van der Waals surface area contributed by atoms with Crippen LogP contribution in [0, 0.1) is 17.0 Å². The van der Waals surface area contributed by atoms with Crippen molar-refractivity contribution in [2.75, 3.05) is 5.32 Å². The number of rotatable bonds is 8. The number of hydrogen-bond donors (Lipinski definition) is 1. The van der Waals surface area contributed by atoms with E-state index in [0.29, 0.717) is 10.8 Å². The van der Waals surface area contributed by atoms with Gasteiger partial charge in [-0.3, -0.25) is 14.9 Å². The van der Waals surface area contributed by atoms with E-state index in [-0.39, 0.29) is 11.6 Å². The first-order valence-electron chi connectivity index (χ1n) is 9.61. The number of aryl methyl sites for hydroxylation is 1. The molecule has 1 N–H and O–H groups in total. The minimum Gasteiger partial charge on any atom is -0.325 e. The first kappa shape index (κ1) is 21.5. The van der Waals surface area contributed by atoms with E-state index in [2.05, 4.69) is 28.5 Å². The molecular weight excluding hydrogens is 402 g/mol. The van der Waals surface area contributed by atoms with Crippen LogP contribution in [0.5, 0.6) is 0 Å². The van der Waals surface area contributed by atoms with Gasteiger partial charge in [-0.1, -0.05) is 48.5 Å². The summed E-state index contributed by atoms with van der Waals surface area (Å²) >= 11 is 1.31. The zero-order valence-electron chi connectivity index (χ0n) is 17.0. The van der Waals surface area contributed by atoms with Gasteiger partial charge < -0.3 is 9.88 Å². The Morgan fingerprint density at radius 1 is 1.23 bits per heavy atom. The molecule has 30 heavy (non-hydrogen) atoms. The van der Waals surface area contributed by atoms with Gasteiger partial charge in [-0.2, -0.15) is 0 Å². The summed E-state index contributed by atoms with van der Waals surface area (Å²) in [7, 11) is 0. The number of nitro benzene ring substituents is 1. The SMILES string of the molecule is CCCn1c(SC(C)C(=O)Nc2cccc([N+](=O)[O-])c2)nnc1-c1cccc(C)c1. The van der Waals surface area contributed by atoms with Crippen molar-refractivity contribution in [1.82, 2.24) is 14.8 Å². The molecule has 2 aromatic carbocycles. The molecule has 156 valence electrons. The molecule has 1 heterocycles. The maximum Gasteiger partial charge on any atom is 0.271 e. The molecule has 0 fully saturated rings. The highest BCUT2D eigenvalue weighted by atomic mass is 32.2. The van der Waals surface area contributed by atoms with Gasteiger partial charge in [0.15, 0.2) is 11.0 Å². The summed E-state index contributed by atoms with van der Waals surface area (Å²) in [5, 5.41) is 22.5. The number of carbonyl (C=O) groups is 1. The number of benzene rings is 2. The quantitative estimate of drug-likeness (QED) is 0.319. The van der Waals surface area contributed by atoms with E-state index in [0.717, 1.165) is 29.9 Å². The summed E-state index contributed by atoms with van der Waals surface area (Å²) in [6, 6.07) is 13.9. The topological polar surface area (TPSA) is 103 Å². The first-order valence-corrected chi connectivity index (χ1v) is 10.5. The lowest BCUT2D eigenvalue weighted by Crippen LogP contribution is -2.23. The van der Waals surface area contributed by atoms with Crippen LogP contribution in [0.25, 0.3) is 11.4 Å². The average molecular weight is 426 g/mol. The molecule has 3 aromatic rings. The highest BCUT2D eigenvalue weighted by Crippen LogP contribution is 2.28. The Kier molecular flexibility index (Phi) is 6.83. The van der Waals surface area contributed by atoms with Crippen molar-refractivity contribution in [1.29, 1.82) is 0 Å². The van der Waals surface area contributed by atoms with Crippen LogP contribution in [-0.4, -0.2) is 30.8 Å².